The molecule has 2 atom stereocenters. The molecule has 0 radical (unpaired) electrons. The number of carbonyl (C=O) groups is 5. The van der Waals surface area contributed by atoms with E-state index in [1.165, 1.54) is 29.3 Å². The topological polar surface area (TPSA) is 354 Å². The summed E-state index contributed by atoms with van der Waals surface area (Å²) in [6, 6.07) is 35.2. The first-order chi connectivity index (χ1) is 56.1. The van der Waals surface area contributed by atoms with Crippen LogP contribution in [0.1, 0.15) is 175 Å². The van der Waals surface area contributed by atoms with Crippen LogP contribution in [0.4, 0.5) is 16.2 Å². The van der Waals surface area contributed by atoms with Gasteiger partial charge in [-0.15, -0.1) is 0 Å². The highest BCUT2D eigenvalue weighted by atomic mass is 16.6. The lowest BCUT2D eigenvalue weighted by Crippen LogP contribution is -2.54. The van der Waals surface area contributed by atoms with E-state index in [0.29, 0.717) is 71.5 Å². The molecular formula is C87H110N20O9. The van der Waals surface area contributed by atoms with E-state index in [-0.39, 0.29) is 78.4 Å². The van der Waals surface area contributed by atoms with E-state index < -0.39 is 17.5 Å². The molecule has 4 saturated heterocycles. The van der Waals surface area contributed by atoms with Gasteiger partial charge < -0.3 is 61.9 Å². The molecule has 4 amide bonds. The van der Waals surface area contributed by atoms with Gasteiger partial charge in [-0.05, 0) is 170 Å². The van der Waals surface area contributed by atoms with E-state index in [1.54, 1.807) is 24.4 Å². The van der Waals surface area contributed by atoms with Gasteiger partial charge in [0.15, 0.2) is 11.3 Å². The maximum absolute atomic E-state index is 13.5. The zero-order valence-electron chi connectivity index (χ0n) is 68.1. The number of piperazine rings is 2. The summed E-state index contributed by atoms with van der Waals surface area (Å²) >= 11 is 0. The monoisotopic (exact) mass is 1580 g/mol. The van der Waals surface area contributed by atoms with Gasteiger partial charge in [-0.3, -0.25) is 34.2 Å². The van der Waals surface area contributed by atoms with Gasteiger partial charge in [-0.1, -0.05) is 62.4 Å². The van der Waals surface area contributed by atoms with E-state index in [9.17, 15) is 24.0 Å². The van der Waals surface area contributed by atoms with Crippen molar-refractivity contribution in [1.29, 1.82) is 0 Å². The van der Waals surface area contributed by atoms with Gasteiger partial charge in [-0.2, -0.15) is 10.2 Å². The van der Waals surface area contributed by atoms with Crippen molar-refractivity contribution in [2.75, 3.05) is 76.3 Å². The highest BCUT2D eigenvalue weighted by Gasteiger charge is 2.32. The van der Waals surface area contributed by atoms with Crippen molar-refractivity contribution < 1.29 is 43.3 Å². The lowest BCUT2D eigenvalue weighted by molar-refractivity contribution is 0.000506. The molecule has 116 heavy (non-hydrogen) atoms. The highest BCUT2D eigenvalue weighted by Crippen LogP contribution is 2.34. The van der Waals surface area contributed by atoms with Crippen LogP contribution in [0.2, 0.25) is 0 Å². The van der Waals surface area contributed by atoms with Gasteiger partial charge in [0.1, 0.15) is 28.4 Å². The smallest absolute Gasteiger partial charge is 0.410 e. The van der Waals surface area contributed by atoms with Crippen LogP contribution in [0, 0.1) is 0 Å². The lowest BCUT2D eigenvalue weighted by atomic mass is 10.0. The number of aryl methyl sites for hydroxylation is 4. The first-order valence-electron chi connectivity index (χ1n) is 40.6. The van der Waals surface area contributed by atoms with Gasteiger partial charge in [0.2, 0.25) is 0 Å². The minimum atomic E-state index is -1.18. The molecule has 29 nitrogen and oxygen atoms in total. The summed E-state index contributed by atoms with van der Waals surface area (Å²) in [4.78, 5) is 97.2. The summed E-state index contributed by atoms with van der Waals surface area (Å²) in [5.74, 6) is -2.36. The van der Waals surface area contributed by atoms with Crippen molar-refractivity contribution in [1.82, 2.24) is 85.4 Å². The number of amides is 4. The predicted octanol–water partition coefficient (Wildman–Crippen LogP) is 11.0. The number of hydrogen-bond donors (Lipinski definition) is 8. The fourth-order valence-electron chi connectivity index (χ4n) is 15.0. The number of fused-ring (bicyclic) bond motifs is 2. The van der Waals surface area contributed by atoms with Crippen LogP contribution < -0.4 is 37.6 Å². The Balaban J connectivity index is 0.000000172. The molecule has 0 aliphatic carbocycles. The number of nitrogens with zero attached hydrogens (tertiary/aromatic N) is 13. The molecule has 14 rings (SSSR count). The van der Waals surface area contributed by atoms with Gasteiger partial charge in [0.25, 0.3) is 17.7 Å². The third-order valence-electron chi connectivity index (χ3n) is 21.0. The largest absolute Gasteiger partial charge is 0.477 e. The van der Waals surface area contributed by atoms with Gasteiger partial charge in [0, 0.05) is 188 Å². The van der Waals surface area contributed by atoms with Gasteiger partial charge >= 0.3 is 12.1 Å². The third-order valence-corrected chi connectivity index (χ3v) is 21.0. The van der Waals surface area contributed by atoms with Crippen molar-refractivity contribution >= 4 is 63.2 Å². The standard InChI is InChI=1S/C41H50N10O3.C23H28N6O4.C23H32N4O2/c1-4-34-32(38(47-31-13-18-54-19-14-31)33-24-46-51(5-2)39(33)49-34)23-45-41(53)36-11-7-10-35(48-36)40(52)44-22-28-12-15-43-37(21-28)30-9-6-8-29(20-30)26-50-17-16-42-27(3)25-50;1-3-17-15(12-24-22(30)18-6-5-7-19(27-18)23(31)32)20(26-14-8-10-33-11-9-14)16-13-25-29(4-2)21(16)28-17;1-17-15-26(10-11-27(17)22(28)29-23(2,3)4)16-19-6-5-7-20(12-19)21-13-18(14-24)8-9-25-21/h6-12,15,20-21,24,27,31,42H,4-5,13-14,16-19,22-23,25-26H2,1-3H3,(H,44,52)(H,45,53)(H,47,49);5-7,13-14H,3-4,8-12H2,1-2H3,(H,24,30)(H,26,28)(H,31,32);5-9,12-13,17H,10-11,14-16,24H2,1-4H3/t27-;;17-/m0.0/s1. The highest BCUT2D eigenvalue weighted by molar-refractivity contribution is 5.98. The number of nitrogens with two attached hydrogens (primary N) is 1. The van der Waals surface area contributed by atoms with Crippen LogP contribution in [-0.4, -0.2) is 195 Å². The first-order valence-corrected chi connectivity index (χ1v) is 40.6. The molecule has 4 aliphatic heterocycles. The molecular weight excluding hydrogens is 1470 g/mol. The second kappa shape index (κ2) is 39.9. The van der Waals surface area contributed by atoms with Crippen molar-refractivity contribution in [3.63, 3.8) is 0 Å². The number of pyridine rings is 6. The molecule has 0 unspecified atom stereocenters. The van der Waals surface area contributed by atoms with Crippen molar-refractivity contribution in [2.24, 2.45) is 5.73 Å². The Morgan fingerprint density at radius 1 is 0.560 bits per heavy atom. The van der Waals surface area contributed by atoms with Crippen LogP contribution in [0.5, 0.6) is 0 Å². The number of rotatable bonds is 25. The molecule has 0 spiro atoms. The Kier molecular flexibility index (Phi) is 29.0. The Hall–Kier alpha value is -11.2. The van der Waals surface area contributed by atoms with Crippen LogP contribution in [0.15, 0.2) is 134 Å². The summed E-state index contributed by atoms with van der Waals surface area (Å²) in [6.45, 7) is 30.8. The quantitative estimate of drug-likeness (QED) is 0.0263. The second-order valence-electron chi connectivity index (χ2n) is 30.7. The minimum Gasteiger partial charge on any atom is -0.477 e. The fourth-order valence-corrected chi connectivity index (χ4v) is 15.0. The molecule has 10 aromatic rings. The average Bonchev–Trinajstić information content (AvgIpc) is 1.63. The summed E-state index contributed by atoms with van der Waals surface area (Å²) in [7, 11) is 0. The third kappa shape index (κ3) is 22.0. The molecule has 612 valence electrons. The van der Waals surface area contributed by atoms with E-state index in [4.69, 9.17) is 35.0 Å². The molecule has 0 saturated carbocycles. The number of anilines is 2. The van der Waals surface area contributed by atoms with E-state index >= 15 is 0 Å². The number of benzene rings is 2. The van der Waals surface area contributed by atoms with Crippen LogP contribution >= 0.6 is 0 Å². The average molecular weight is 1580 g/mol. The Morgan fingerprint density at radius 2 is 1.03 bits per heavy atom. The van der Waals surface area contributed by atoms with E-state index in [2.05, 4.69) is 141 Å². The van der Waals surface area contributed by atoms with Crippen LogP contribution in [-0.2, 0) is 79.4 Å². The minimum absolute atomic E-state index is 0.0553. The van der Waals surface area contributed by atoms with Crippen LogP contribution in [0.25, 0.3) is 44.6 Å². The summed E-state index contributed by atoms with van der Waals surface area (Å²) in [5, 5.41) is 39.9. The fraction of sp³-hybridized carbons (Fsp3) is 0.437. The normalized spacial score (nSPS) is 16.3. The summed E-state index contributed by atoms with van der Waals surface area (Å²) < 4.78 is 20.4. The number of aromatic nitrogens is 10. The zero-order chi connectivity index (χ0) is 81.8. The van der Waals surface area contributed by atoms with Gasteiger partial charge in [-0.25, -0.2) is 38.9 Å². The van der Waals surface area contributed by atoms with Crippen molar-refractivity contribution in [3.8, 4) is 22.5 Å². The number of nitrogens with one attached hydrogen (secondary N) is 6. The Bertz CT molecular complexity index is 5050. The molecule has 4 fully saturated rings. The van der Waals surface area contributed by atoms with E-state index in [0.717, 1.165) is 161 Å². The molecule has 8 aromatic heterocycles. The second-order valence-corrected chi connectivity index (χ2v) is 30.7. The molecule has 9 N–H and O–H groups in total. The van der Waals surface area contributed by atoms with Crippen molar-refractivity contribution in [3.05, 3.63) is 202 Å². The maximum atomic E-state index is 13.5. The Morgan fingerprint density at radius 3 is 1.49 bits per heavy atom. The SMILES string of the molecule is CCc1nc2c(cnn2CC)c(NC2CCOCC2)c1CNC(=O)c1cccc(C(=O)NCc2ccnc(-c3cccc(CN4CCN[C@@H](C)C4)c3)c2)n1.CCc1nc2c(cnn2CC)c(NC2CCOCC2)c1CNC(=O)c1cccc(C(=O)O)n1.C[C@H]1CN(Cc2cccc(-c3cc(CN)ccn3)c2)CCN1C(=O)OC(C)(C)C. The van der Waals surface area contributed by atoms with Gasteiger partial charge in [0.05, 0.1) is 45.9 Å². The van der Waals surface area contributed by atoms with Crippen LogP contribution in [0.3, 0.4) is 0 Å². The number of carboxylic acid groups (broad SMARTS) is 1. The molecule has 4 aliphatic rings. The summed E-state index contributed by atoms with van der Waals surface area (Å²) in [5.41, 5.74) is 21.0. The number of hydrogen-bond acceptors (Lipinski definition) is 22. The molecule has 2 aromatic carbocycles. The molecule has 12 heterocycles. The molecule has 0 bridgehead atoms. The van der Waals surface area contributed by atoms with E-state index in [1.807, 2.05) is 98.7 Å². The predicted molar refractivity (Wildman–Crippen MR) is 447 cm³/mol. The number of carbonyl (C=O) groups excluding carboxylic acids is 4. The molecule has 29 heteroatoms. The Labute approximate surface area is 677 Å². The number of carboxylic acids is 1. The zero-order valence-corrected chi connectivity index (χ0v) is 68.1. The van der Waals surface area contributed by atoms with Crippen molar-refractivity contribution in [2.45, 2.75) is 183 Å². The maximum Gasteiger partial charge on any atom is 0.410 e. The first kappa shape index (κ1) is 84.2. The summed E-state index contributed by atoms with van der Waals surface area (Å²) in [6.07, 6.45) is 12.0. The number of aromatic carboxylic acids is 1. The lowest BCUT2D eigenvalue weighted by Gasteiger charge is -2.40. The number of ether oxygens (including phenoxy) is 3.